The SMILES string of the molecule is c1ccc(-n2c3ccc(-c4ccc(-n5c6ccccc6c6ccccc65)cc4)cc3c3ccc(-c4ccc(-n5c6ccccc6c6ccccc65)cc4)cc32)cc1. The van der Waals surface area contributed by atoms with Crippen LogP contribution in [0.15, 0.2) is 212 Å². The summed E-state index contributed by atoms with van der Waals surface area (Å²) in [5, 5.41) is 7.58. The molecule has 3 nitrogen and oxygen atoms in total. The number of hydrogen-bond acceptors (Lipinski definition) is 0. The maximum Gasteiger partial charge on any atom is 0.0547 e. The lowest BCUT2D eigenvalue weighted by molar-refractivity contribution is 1.18. The van der Waals surface area contributed by atoms with Gasteiger partial charge >= 0.3 is 0 Å². The first-order chi connectivity index (χ1) is 28.3. The Morgan fingerprint density at radius 3 is 1.02 bits per heavy atom. The van der Waals surface area contributed by atoms with Gasteiger partial charge in [-0.3, -0.25) is 0 Å². The van der Waals surface area contributed by atoms with Gasteiger partial charge in [-0.1, -0.05) is 133 Å². The molecule has 0 radical (unpaired) electrons. The fourth-order valence-corrected chi connectivity index (χ4v) is 9.24. The highest BCUT2D eigenvalue weighted by Crippen LogP contribution is 2.39. The minimum atomic E-state index is 1.15. The van der Waals surface area contributed by atoms with Crippen molar-refractivity contribution < 1.29 is 0 Å². The quantitative estimate of drug-likeness (QED) is 0.168. The zero-order chi connectivity index (χ0) is 37.5. The molecule has 0 amide bonds. The van der Waals surface area contributed by atoms with Crippen molar-refractivity contribution in [1.82, 2.24) is 13.7 Å². The maximum absolute atomic E-state index is 2.41. The summed E-state index contributed by atoms with van der Waals surface area (Å²) in [7, 11) is 0. The Hall–Kier alpha value is -7.62. The highest BCUT2D eigenvalue weighted by Gasteiger charge is 2.17. The zero-order valence-electron chi connectivity index (χ0n) is 31.0. The largest absolute Gasteiger partial charge is 0.309 e. The molecule has 0 aliphatic heterocycles. The van der Waals surface area contributed by atoms with Crippen LogP contribution in [0.3, 0.4) is 0 Å². The van der Waals surface area contributed by atoms with Gasteiger partial charge < -0.3 is 13.7 Å². The second-order valence-corrected chi connectivity index (χ2v) is 15.0. The van der Waals surface area contributed by atoms with Crippen LogP contribution in [0.25, 0.3) is 105 Å². The van der Waals surface area contributed by atoms with E-state index < -0.39 is 0 Å². The molecule has 266 valence electrons. The number of aromatic nitrogens is 3. The third-order valence-electron chi connectivity index (χ3n) is 11.9. The van der Waals surface area contributed by atoms with E-state index in [1.807, 2.05) is 0 Å². The van der Waals surface area contributed by atoms with Gasteiger partial charge in [0.15, 0.2) is 0 Å². The molecular formula is C54H35N3. The molecule has 0 unspecified atom stereocenters. The maximum atomic E-state index is 2.41. The van der Waals surface area contributed by atoms with E-state index in [4.69, 9.17) is 0 Å². The summed E-state index contributed by atoms with van der Waals surface area (Å²) in [6, 6.07) is 77.4. The number of rotatable bonds is 5. The highest BCUT2D eigenvalue weighted by molar-refractivity contribution is 6.12. The molecule has 9 aromatic carbocycles. The summed E-state index contributed by atoms with van der Waals surface area (Å²) in [6.45, 7) is 0. The Balaban J connectivity index is 0.955. The minimum Gasteiger partial charge on any atom is -0.309 e. The number of para-hydroxylation sites is 5. The monoisotopic (exact) mass is 725 g/mol. The van der Waals surface area contributed by atoms with Crippen molar-refractivity contribution in [2.75, 3.05) is 0 Å². The molecule has 0 aliphatic carbocycles. The number of hydrogen-bond donors (Lipinski definition) is 0. The Labute approximate surface area is 329 Å². The normalized spacial score (nSPS) is 11.9. The molecule has 0 bridgehead atoms. The Kier molecular flexibility index (Phi) is 6.93. The molecular weight excluding hydrogens is 691 g/mol. The topological polar surface area (TPSA) is 14.8 Å². The van der Waals surface area contributed by atoms with E-state index in [0.29, 0.717) is 0 Å². The van der Waals surface area contributed by atoms with E-state index in [9.17, 15) is 0 Å². The van der Waals surface area contributed by atoms with Gasteiger partial charge in [0, 0.05) is 49.4 Å². The molecule has 12 rings (SSSR count). The van der Waals surface area contributed by atoms with Gasteiger partial charge in [0.2, 0.25) is 0 Å². The summed E-state index contributed by atoms with van der Waals surface area (Å²) in [6.07, 6.45) is 0. The van der Waals surface area contributed by atoms with Crippen molar-refractivity contribution in [1.29, 1.82) is 0 Å². The van der Waals surface area contributed by atoms with E-state index in [0.717, 1.165) is 17.1 Å². The first-order valence-corrected chi connectivity index (χ1v) is 19.6. The van der Waals surface area contributed by atoms with Crippen molar-refractivity contribution in [2.24, 2.45) is 0 Å². The molecule has 3 heteroatoms. The summed E-state index contributed by atoms with van der Waals surface area (Å²) < 4.78 is 7.16. The van der Waals surface area contributed by atoms with Crippen LogP contribution in [0.4, 0.5) is 0 Å². The van der Waals surface area contributed by atoms with E-state index in [1.54, 1.807) is 0 Å². The fourth-order valence-electron chi connectivity index (χ4n) is 9.24. The fraction of sp³-hybridized carbons (Fsp3) is 0. The number of fused-ring (bicyclic) bond motifs is 9. The van der Waals surface area contributed by atoms with E-state index >= 15 is 0 Å². The summed E-state index contributed by atoms with van der Waals surface area (Å²) in [5.41, 5.74) is 15.5. The van der Waals surface area contributed by atoms with Crippen molar-refractivity contribution in [3.05, 3.63) is 212 Å². The first kappa shape index (κ1) is 31.7. The highest BCUT2D eigenvalue weighted by atomic mass is 15.0. The Morgan fingerprint density at radius 2 is 0.526 bits per heavy atom. The molecule has 0 aliphatic rings. The van der Waals surface area contributed by atoms with Crippen LogP contribution in [0.1, 0.15) is 0 Å². The molecule has 57 heavy (non-hydrogen) atoms. The van der Waals surface area contributed by atoms with E-state index in [-0.39, 0.29) is 0 Å². The van der Waals surface area contributed by atoms with Gasteiger partial charge in [-0.2, -0.15) is 0 Å². The molecule has 0 spiro atoms. The van der Waals surface area contributed by atoms with Gasteiger partial charge in [-0.15, -0.1) is 0 Å². The lowest BCUT2D eigenvalue weighted by atomic mass is 10.0. The Morgan fingerprint density at radius 1 is 0.193 bits per heavy atom. The number of nitrogens with zero attached hydrogens (tertiary/aromatic N) is 3. The van der Waals surface area contributed by atoms with Crippen LogP contribution >= 0.6 is 0 Å². The summed E-state index contributed by atoms with van der Waals surface area (Å²) in [5.74, 6) is 0. The van der Waals surface area contributed by atoms with Gasteiger partial charge in [-0.05, 0) is 101 Å². The van der Waals surface area contributed by atoms with Crippen LogP contribution in [-0.4, -0.2) is 13.7 Å². The average molecular weight is 726 g/mol. The predicted molar refractivity (Wildman–Crippen MR) is 240 cm³/mol. The van der Waals surface area contributed by atoms with Gasteiger partial charge in [0.1, 0.15) is 0 Å². The second kappa shape index (κ2) is 12.5. The van der Waals surface area contributed by atoms with Crippen molar-refractivity contribution in [2.45, 2.75) is 0 Å². The van der Waals surface area contributed by atoms with Crippen molar-refractivity contribution >= 4 is 65.4 Å². The standard InChI is InChI=1S/C54H35N3/c1-2-12-40(13-3-1)57-53-33-27-38(36-22-28-41(29-23-36)55-49-18-8-4-14-43(49)44-15-5-9-19-50(44)55)34-48(53)47-32-26-39(35-54(47)57)37-24-30-42(31-25-37)56-51-20-10-6-16-45(51)46-17-7-11-21-52(46)56/h1-35H. The van der Waals surface area contributed by atoms with Gasteiger partial charge in [-0.25, -0.2) is 0 Å². The van der Waals surface area contributed by atoms with Crippen LogP contribution in [0.2, 0.25) is 0 Å². The average Bonchev–Trinajstić information content (AvgIpc) is 3.92. The molecule has 0 fully saturated rings. The van der Waals surface area contributed by atoms with Gasteiger partial charge in [0.25, 0.3) is 0 Å². The van der Waals surface area contributed by atoms with Crippen LogP contribution < -0.4 is 0 Å². The van der Waals surface area contributed by atoms with E-state index in [1.165, 1.54) is 87.7 Å². The zero-order valence-corrected chi connectivity index (χ0v) is 31.0. The molecule has 3 aromatic heterocycles. The third-order valence-corrected chi connectivity index (χ3v) is 11.9. The van der Waals surface area contributed by atoms with Crippen LogP contribution in [0, 0.1) is 0 Å². The minimum absolute atomic E-state index is 1.15. The summed E-state index contributed by atoms with van der Waals surface area (Å²) in [4.78, 5) is 0. The molecule has 12 aromatic rings. The molecule has 3 heterocycles. The molecule has 0 saturated heterocycles. The van der Waals surface area contributed by atoms with Gasteiger partial charge in [0.05, 0.1) is 33.1 Å². The predicted octanol–water partition coefficient (Wildman–Crippen LogP) is 14.3. The smallest absolute Gasteiger partial charge is 0.0547 e. The summed E-state index contributed by atoms with van der Waals surface area (Å²) >= 11 is 0. The molecule has 0 atom stereocenters. The van der Waals surface area contributed by atoms with Crippen LogP contribution in [-0.2, 0) is 0 Å². The number of benzene rings is 9. The lowest BCUT2D eigenvalue weighted by Crippen LogP contribution is -1.94. The van der Waals surface area contributed by atoms with Crippen molar-refractivity contribution in [3.8, 4) is 39.3 Å². The molecule has 0 saturated carbocycles. The second-order valence-electron chi connectivity index (χ2n) is 15.0. The first-order valence-electron chi connectivity index (χ1n) is 19.6. The molecule has 0 N–H and O–H groups in total. The Bertz CT molecular complexity index is 3380. The van der Waals surface area contributed by atoms with Crippen LogP contribution in [0.5, 0.6) is 0 Å². The lowest BCUT2D eigenvalue weighted by Gasteiger charge is -2.11. The van der Waals surface area contributed by atoms with Crippen molar-refractivity contribution in [3.63, 3.8) is 0 Å². The van der Waals surface area contributed by atoms with E-state index in [2.05, 4.69) is 226 Å². The third kappa shape index (κ3) is 4.86.